The number of nitriles is 1. The second-order valence-electron chi connectivity index (χ2n) is 2.75. The van der Waals surface area contributed by atoms with Gasteiger partial charge < -0.3 is 13.8 Å². The Kier molecular flexibility index (Phi) is 7.47. The minimum absolute atomic E-state index is 0.130. The second-order valence-corrected chi connectivity index (χ2v) is 4.60. The Bertz CT molecular complexity index is 361. The van der Waals surface area contributed by atoms with Crippen molar-refractivity contribution in [1.82, 2.24) is 0 Å². The van der Waals surface area contributed by atoms with Crippen molar-refractivity contribution in [2.45, 2.75) is 20.8 Å². The Hall–Kier alpha value is -1.15. The molecule has 0 fully saturated rings. The van der Waals surface area contributed by atoms with Crippen molar-refractivity contribution in [2.75, 3.05) is 19.8 Å². The molecule has 0 heterocycles. The molecule has 17 heavy (non-hydrogen) atoms. The normalized spacial score (nSPS) is 12.0. The van der Waals surface area contributed by atoms with E-state index in [1.165, 1.54) is 0 Å². The number of carbonyl (C=O) groups excluding carboxylic acids is 1. The first-order valence-corrected chi connectivity index (χ1v) is 6.83. The zero-order valence-corrected chi connectivity index (χ0v) is 11.0. The third-order valence-corrected chi connectivity index (χ3v) is 3.33. The summed E-state index contributed by atoms with van der Waals surface area (Å²) in [4.78, 5) is 11.3. The minimum atomic E-state index is -3.55. The zero-order chi connectivity index (χ0) is 13.3. The van der Waals surface area contributed by atoms with Crippen LogP contribution in [-0.2, 0) is 23.1 Å². The molecule has 7 heteroatoms. The molecule has 0 N–H and O–H groups in total. The Morgan fingerprint density at radius 3 is 2.12 bits per heavy atom. The summed E-state index contributed by atoms with van der Waals surface area (Å²) < 4.78 is 26.5. The number of hydrogen-bond donors (Lipinski definition) is 0. The average Bonchev–Trinajstić information content (AvgIpc) is 2.27. The number of nitrogens with zero attached hydrogens (tertiary/aromatic N) is 1. The minimum Gasteiger partial charge on any atom is -0.462 e. The lowest BCUT2D eigenvalue weighted by Crippen LogP contribution is -2.07. The Labute approximate surface area is 101 Å². The zero-order valence-electron chi connectivity index (χ0n) is 10.1. The van der Waals surface area contributed by atoms with Crippen molar-refractivity contribution >= 4 is 13.6 Å². The van der Waals surface area contributed by atoms with E-state index in [0.717, 1.165) is 5.82 Å². The highest BCUT2D eigenvalue weighted by Gasteiger charge is 2.24. The van der Waals surface area contributed by atoms with E-state index in [9.17, 15) is 9.36 Å². The third kappa shape index (κ3) is 5.64. The van der Waals surface area contributed by atoms with E-state index in [2.05, 4.69) is 4.74 Å². The summed E-state index contributed by atoms with van der Waals surface area (Å²) in [5.74, 6) is 0.0625. The quantitative estimate of drug-likeness (QED) is 0.302. The monoisotopic (exact) mass is 261 g/mol. The first-order valence-electron chi connectivity index (χ1n) is 5.21. The van der Waals surface area contributed by atoms with Gasteiger partial charge in [0.15, 0.2) is 0 Å². The summed E-state index contributed by atoms with van der Waals surface area (Å²) in [6.07, 6.45) is 0. The summed E-state index contributed by atoms with van der Waals surface area (Å²) in [5.41, 5.74) is -0.378. The van der Waals surface area contributed by atoms with Crippen LogP contribution in [0.15, 0.2) is 11.4 Å². The van der Waals surface area contributed by atoms with Gasteiger partial charge in [0.1, 0.15) is 11.6 Å². The van der Waals surface area contributed by atoms with Crippen LogP contribution in [0.2, 0.25) is 0 Å². The molecular formula is C10H16NO5P. The van der Waals surface area contributed by atoms with E-state index in [0.29, 0.717) is 0 Å². The van der Waals surface area contributed by atoms with Gasteiger partial charge >= 0.3 is 13.6 Å². The van der Waals surface area contributed by atoms with Crippen molar-refractivity contribution in [3.8, 4) is 6.07 Å². The van der Waals surface area contributed by atoms with Crippen LogP contribution < -0.4 is 0 Å². The van der Waals surface area contributed by atoms with E-state index in [-0.39, 0.29) is 25.4 Å². The molecule has 6 nitrogen and oxygen atoms in total. The Morgan fingerprint density at radius 1 is 1.24 bits per heavy atom. The van der Waals surface area contributed by atoms with E-state index >= 15 is 0 Å². The van der Waals surface area contributed by atoms with Gasteiger partial charge in [-0.15, -0.1) is 0 Å². The molecule has 0 rings (SSSR count). The third-order valence-electron chi connectivity index (χ3n) is 1.52. The molecule has 0 bridgehead atoms. The van der Waals surface area contributed by atoms with E-state index < -0.39 is 13.6 Å². The maximum absolute atomic E-state index is 12.0. The number of esters is 1. The molecule has 0 aromatic carbocycles. The molecule has 0 aliphatic heterocycles. The van der Waals surface area contributed by atoms with Crippen molar-refractivity contribution in [3.63, 3.8) is 0 Å². The second kappa shape index (κ2) is 8.02. The molecule has 0 radical (unpaired) electrons. The molecular weight excluding hydrogens is 245 g/mol. The highest BCUT2D eigenvalue weighted by Crippen LogP contribution is 2.50. The van der Waals surface area contributed by atoms with Gasteiger partial charge in [-0.3, -0.25) is 4.57 Å². The van der Waals surface area contributed by atoms with Gasteiger partial charge in [-0.25, -0.2) is 4.79 Å². The fourth-order valence-electron chi connectivity index (χ4n) is 0.966. The first-order chi connectivity index (χ1) is 8.02. The van der Waals surface area contributed by atoms with Crippen molar-refractivity contribution in [2.24, 2.45) is 0 Å². The van der Waals surface area contributed by atoms with Crippen molar-refractivity contribution < 1.29 is 23.1 Å². The molecule has 0 aromatic rings. The highest BCUT2D eigenvalue weighted by atomic mass is 31.2. The lowest BCUT2D eigenvalue weighted by Gasteiger charge is -2.13. The van der Waals surface area contributed by atoms with Gasteiger partial charge in [0.25, 0.3) is 0 Å². The fraction of sp³-hybridized carbons (Fsp3) is 0.600. The molecule has 0 aromatic heterocycles. The number of carbonyl (C=O) groups is 1. The summed E-state index contributed by atoms with van der Waals surface area (Å²) in [7, 11) is -3.55. The maximum atomic E-state index is 12.0. The van der Waals surface area contributed by atoms with Gasteiger partial charge in [0.2, 0.25) is 0 Å². The molecule has 0 saturated heterocycles. The maximum Gasteiger partial charge on any atom is 0.355 e. The van der Waals surface area contributed by atoms with E-state index in [1.807, 2.05) is 0 Å². The predicted octanol–water partition coefficient (Wildman–Crippen LogP) is 2.22. The van der Waals surface area contributed by atoms with Crippen LogP contribution in [0.4, 0.5) is 0 Å². The molecule has 96 valence electrons. The molecule has 0 saturated carbocycles. The smallest absolute Gasteiger partial charge is 0.355 e. The largest absolute Gasteiger partial charge is 0.462 e. The van der Waals surface area contributed by atoms with Crippen LogP contribution in [0.5, 0.6) is 0 Å². The van der Waals surface area contributed by atoms with Crippen molar-refractivity contribution in [1.29, 1.82) is 5.26 Å². The number of ether oxygens (including phenoxy) is 1. The number of rotatable bonds is 7. The van der Waals surface area contributed by atoms with Crippen LogP contribution in [-0.4, -0.2) is 25.8 Å². The van der Waals surface area contributed by atoms with Crippen LogP contribution in [0.25, 0.3) is 0 Å². The number of hydrogen-bond acceptors (Lipinski definition) is 6. The van der Waals surface area contributed by atoms with Gasteiger partial charge in [0.05, 0.1) is 25.6 Å². The average molecular weight is 261 g/mol. The summed E-state index contributed by atoms with van der Waals surface area (Å²) in [5, 5.41) is 8.77. The van der Waals surface area contributed by atoms with Crippen LogP contribution in [0, 0.1) is 11.3 Å². The molecule has 0 aliphatic carbocycles. The molecule has 0 spiro atoms. The van der Waals surface area contributed by atoms with Crippen LogP contribution >= 0.6 is 7.60 Å². The van der Waals surface area contributed by atoms with Gasteiger partial charge in [0, 0.05) is 0 Å². The lowest BCUT2D eigenvalue weighted by atomic mass is 10.3. The van der Waals surface area contributed by atoms with Gasteiger partial charge in [-0.2, -0.15) is 5.26 Å². The summed E-state index contributed by atoms with van der Waals surface area (Å²) >= 11 is 0. The van der Waals surface area contributed by atoms with Crippen molar-refractivity contribution in [3.05, 3.63) is 11.4 Å². The topological polar surface area (TPSA) is 85.6 Å². The fourth-order valence-corrected chi connectivity index (χ4v) is 2.39. The van der Waals surface area contributed by atoms with Gasteiger partial charge in [-0.05, 0) is 20.8 Å². The van der Waals surface area contributed by atoms with Gasteiger partial charge in [-0.1, -0.05) is 0 Å². The lowest BCUT2D eigenvalue weighted by molar-refractivity contribution is -0.138. The Morgan fingerprint density at radius 2 is 1.76 bits per heavy atom. The standard InChI is InChI=1S/C10H16NO5P/c1-4-14-10(12)9(7-11)8-17(13,15-5-2)16-6-3/h8H,4-6H2,1-3H3/b9-8+. The van der Waals surface area contributed by atoms with Crippen LogP contribution in [0.3, 0.4) is 0 Å². The van der Waals surface area contributed by atoms with E-state index in [1.54, 1.807) is 26.8 Å². The molecule has 0 unspecified atom stereocenters. The SMILES string of the molecule is CCOC(=O)/C(C#N)=C/P(=O)(OCC)OCC. The molecule has 0 aliphatic rings. The van der Waals surface area contributed by atoms with E-state index in [4.69, 9.17) is 14.3 Å². The Balaban J connectivity index is 5.07. The summed E-state index contributed by atoms with van der Waals surface area (Å²) in [6, 6.07) is 1.61. The molecule has 0 atom stereocenters. The highest BCUT2D eigenvalue weighted by molar-refractivity contribution is 7.57. The van der Waals surface area contributed by atoms with Crippen LogP contribution in [0.1, 0.15) is 20.8 Å². The molecule has 0 amide bonds. The first kappa shape index (κ1) is 15.9. The predicted molar refractivity (Wildman–Crippen MR) is 61.2 cm³/mol. The summed E-state index contributed by atoms with van der Waals surface area (Å²) in [6.45, 7) is 5.31.